The first-order chi connectivity index (χ1) is 13.6. The van der Waals surface area contributed by atoms with Gasteiger partial charge < -0.3 is 14.8 Å². The second kappa shape index (κ2) is 8.25. The third-order valence-corrected chi connectivity index (χ3v) is 5.94. The monoisotopic (exact) mass is 413 g/mol. The summed E-state index contributed by atoms with van der Waals surface area (Å²) in [5.74, 6) is 1.45. The van der Waals surface area contributed by atoms with Gasteiger partial charge in [0.2, 0.25) is 5.91 Å². The van der Waals surface area contributed by atoms with Crippen LogP contribution in [-0.2, 0) is 11.4 Å². The average molecular weight is 414 g/mol. The van der Waals surface area contributed by atoms with Crippen LogP contribution in [0, 0.1) is 0 Å². The van der Waals surface area contributed by atoms with Crippen LogP contribution in [0.1, 0.15) is 35.3 Å². The van der Waals surface area contributed by atoms with Gasteiger partial charge in [-0.05, 0) is 53.8 Å². The number of amides is 1. The number of hydrogen-bond donors (Lipinski definition) is 1. The van der Waals surface area contributed by atoms with E-state index in [1.54, 1.807) is 11.3 Å². The second-order valence-corrected chi connectivity index (χ2v) is 7.94. The Morgan fingerprint density at radius 1 is 1.11 bits per heavy atom. The Balaban J connectivity index is 1.59. The molecule has 1 amide bonds. The number of carbonyl (C=O) groups is 1. The van der Waals surface area contributed by atoms with Gasteiger partial charge in [-0.25, -0.2) is 0 Å². The van der Waals surface area contributed by atoms with Crippen LogP contribution >= 0.6 is 22.9 Å². The maximum atomic E-state index is 12.1. The number of anilines is 1. The molecule has 0 saturated heterocycles. The summed E-state index contributed by atoms with van der Waals surface area (Å²) < 4.78 is 11.8. The van der Waals surface area contributed by atoms with E-state index in [1.165, 1.54) is 4.88 Å². The summed E-state index contributed by atoms with van der Waals surface area (Å²) in [7, 11) is 0. The van der Waals surface area contributed by atoms with Crippen molar-refractivity contribution in [1.82, 2.24) is 0 Å². The maximum Gasteiger partial charge on any atom is 0.225 e. The van der Waals surface area contributed by atoms with Crippen molar-refractivity contribution in [1.29, 1.82) is 0 Å². The van der Waals surface area contributed by atoms with E-state index >= 15 is 0 Å². The number of fused-ring (bicyclic) bond motifs is 1. The summed E-state index contributed by atoms with van der Waals surface area (Å²) in [6.07, 6.45) is 0.435. The fraction of sp³-hybridized carbons (Fsp3) is 0.227. The normalized spacial score (nSPS) is 15.6. The smallest absolute Gasteiger partial charge is 0.225 e. The minimum Gasteiger partial charge on any atom is -0.490 e. The van der Waals surface area contributed by atoms with Crippen LogP contribution in [0.3, 0.4) is 0 Å². The van der Waals surface area contributed by atoms with Crippen LogP contribution in [0.15, 0.2) is 53.9 Å². The Labute approximate surface area is 173 Å². The van der Waals surface area contributed by atoms with Crippen molar-refractivity contribution in [2.24, 2.45) is 0 Å². The van der Waals surface area contributed by atoms with Crippen molar-refractivity contribution in [2.75, 3.05) is 11.9 Å². The topological polar surface area (TPSA) is 47.6 Å². The van der Waals surface area contributed by atoms with Crippen LogP contribution in [-0.4, -0.2) is 12.5 Å². The predicted molar refractivity (Wildman–Crippen MR) is 113 cm³/mol. The highest BCUT2D eigenvalue weighted by molar-refractivity contribution is 7.10. The van der Waals surface area contributed by atoms with Gasteiger partial charge in [0.05, 0.1) is 12.3 Å². The lowest BCUT2D eigenvalue weighted by molar-refractivity contribution is -0.116. The number of benzene rings is 2. The van der Waals surface area contributed by atoms with Gasteiger partial charge in [0, 0.05) is 22.2 Å². The van der Waals surface area contributed by atoms with E-state index in [-0.39, 0.29) is 11.8 Å². The van der Waals surface area contributed by atoms with Crippen LogP contribution in [0.2, 0.25) is 5.02 Å². The molecule has 4 rings (SSSR count). The molecule has 28 heavy (non-hydrogen) atoms. The first kappa shape index (κ1) is 18.8. The maximum absolute atomic E-state index is 12.1. The first-order valence-corrected chi connectivity index (χ1v) is 10.4. The summed E-state index contributed by atoms with van der Waals surface area (Å²) in [5.41, 5.74) is 3.00. The highest BCUT2D eigenvalue weighted by atomic mass is 35.5. The van der Waals surface area contributed by atoms with Crippen LogP contribution in [0.5, 0.6) is 11.5 Å². The van der Waals surface area contributed by atoms with Gasteiger partial charge >= 0.3 is 0 Å². The lowest BCUT2D eigenvalue weighted by atomic mass is 9.90. The number of rotatable bonds is 6. The van der Waals surface area contributed by atoms with Crippen molar-refractivity contribution in [2.45, 2.75) is 25.9 Å². The summed E-state index contributed by atoms with van der Waals surface area (Å²) in [5, 5.41) is 5.65. The van der Waals surface area contributed by atoms with Gasteiger partial charge in [-0.3, -0.25) is 4.79 Å². The number of carbonyl (C=O) groups excluding carboxylic acids is 1. The molecule has 3 aromatic rings. The van der Waals surface area contributed by atoms with Crippen molar-refractivity contribution in [3.8, 4) is 11.5 Å². The Bertz CT molecular complexity index is 984. The third kappa shape index (κ3) is 4.01. The van der Waals surface area contributed by atoms with E-state index in [4.69, 9.17) is 21.1 Å². The summed E-state index contributed by atoms with van der Waals surface area (Å²) in [6.45, 7) is 2.91. The van der Waals surface area contributed by atoms with Gasteiger partial charge in [-0.15, -0.1) is 11.3 Å². The fourth-order valence-corrected chi connectivity index (χ4v) is 4.42. The number of hydrogen-bond acceptors (Lipinski definition) is 4. The molecule has 4 nitrogen and oxygen atoms in total. The molecule has 1 unspecified atom stereocenters. The zero-order valence-corrected chi connectivity index (χ0v) is 17.0. The summed E-state index contributed by atoms with van der Waals surface area (Å²) >= 11 is 7.60. The molecule has 0 bridgehead atoms. The van der Waals surface area contributed by atoms with Crippen molar-refractivity contribution >= 4 is 34.5 Å². The fourth-order valence-electron chi connectivity index (χ4n) is 3.31. The van der Waals surface area contributed by atoms with Gasteiger partial charge in [-0.1, -0.05) is 29.8 Å². The van der Waals surface area contributed by atoms with Gasteiger partial charge in [0.1, 0.15) is 6.61 Å². The molecular formula is C22H20ClNO3S. The highest BCUT2D eigenvalue weighted by Gasteiger charge is 2.28. The number of nitrogens with one attached hydrogen (secondary N) is 1. The largest absolute Gasteiger partial charge is 0.490 e. The standard InChI is InChI=1S/C22H20ClNO3S/c1-2-26-20-11-15(17-12-21(25)24-18-9-10-28-22(17)18)5-8-19(20)27-13-14-3-6-16(23)7-4-14/h3-11,17H,2,12-13H2,1H3,(H,24,25). The van der Waals surface area contributed by atoms with Gasteiger partial charge in [0.15, 0.2) is 11.5 Å². The SMILES string of the molecule is CCOc1cc(C2CC(=O)Nc3ccsc32)ccc1OCc1ccc(Cl)cc1. The lowest BCUT2D eigenvalue weighted by Gasteiger charge is -2.24. The molecule has 1 aliphatic heterocycles. The molecule has 0 spiro atoms. The van der Waals surface area contributed by atoms with E-state index < -0.39 is 0 Å². The summed E-state index contributed by atoms with van der Waals surface area (Å²) in [6, 6.07) is 15.5. The number of thiophene rings is 1. The molecule has 1 N–H and O–H groups in total. The minimum absolute atomic E-state index is 0.0354. The zero-order chi connectivity index (χ0) is 19.5. The Morgan fingerprint density at radius 3 is 2.71 bits per heavy atom. The van der Waals surface area contributed by atoms with E-state index in [2.05, 4.69) is 5.32 Å². The van der Waals surface area contributed by atoms with E-state index in [0.29, 0.717) is 36.2 Å². The number of ether oxygens (including phenoxy) is 2. The molecular weight excluding hydrogens is 394 g/mol. The first-order valence-electron chi connectivity index (χ1n) is 9.15. The molecule has 0 aliphatic carbocycles. The molecule has 0 saturated carbocycles. The van der Waals surface area contributed by atoms with Gasteiger partial charge in [0.25, 0.3) is 0 Å². The average Bonchev–Trinajstić information content (AvgIpc) is 3.16. The van der Waals surface area contributed by atoms with E-state index in [0.717, 1.165) is 16.8 Å². The van der Waals surface area contributed by atoms with Crippen LogP contribution in [0.4, 0.5) is 5.69 Å². The molecule has 1 aromatic heterocycles. The Hall–Kier alpha value is -2.50. The molecule has 1 atom stereocenters. The molecule has 1 aliphatic rings. The molecule has 144 valence electrons. The molecule has 2 heterocycles. The minimum atomic E-state index is 0.0354. The molecule has 0 fully saturated rings. The summed E-state index contributed by atoms with van der Waals surface area (Å²) in [4.78, 5) is 13.3. The second-order valence-electron chi connectivity index (χ2n) is 6.56. The molecule has 0 radical (unpaired) electrons. The van der Waals surface area contributed by atoms with E-state index in [9.17, 15) is 4.79 Å². The Kier molecular flexibility index (Phi) is 5.55. The van der Waals surface area contributed by atoms with Crippen molar-refractivity contribution in [3.05, 3.63) is 74.9 Å². The van der Waals surface area contributed by atoms with Gasteiger partial charge in [-0.2, -0.15) is 0 Å². The quantitative estimate of drug-likeness (QED) is 0.551. The third-order valence-electron chi connectivity index (χ3n) is 4.65. The molecule has 6 heteroatoms. The van der Waals surface area contributed by atoms with Crippen molar-refractivity contribution in [3.63, 3.8) is 0 Å². The number of halogens is 1. The van der Waals surface area contributed by atoms with Crippen molar-refractivity contribution < 1.29 is 14.3 Å². The Morgan fingerprint density at radius 2 is 1.93 bits per heavy atom. The van der Waals surface area contributed by atoms with Crippen LogP contribution < -0.4 is 14.8 Å². The highest BCUT2D eigenvalue weighted by Crippen LogP contribution is 2.42. The molecule has 2 aromatic carbocycles. The zero-order valence-electron chi connectivity index (χ0n) is 15.4. The van der Waals surface area contributed by atoms with E-state index in [1.807, 2.05) is 60.8 Å². The van der Waals surface area contributed by atoms with Crippen LogP contribution in [0.25, 0.3) is 0 Å². The lowest BCUT2D eigenvalue weighted by Crippen LogP contribution is -2.22. The predicted octanol–water partition coefficient (Wildman–Crippen LogP) is 5.85.